The average Bonchev–Trinajstić information content (AvgIpc) is 3.15. The van der Waals surface area contributed by atoms with Gasteiger partial charge in [0.15, 0.2) is 0 Å². The maximum Gasteiger partial charge on any atom is 0.0640 e. The fourth-order valence-electron chi connectivity index (χ4n) is 3.94. The van der Waals surface area contributed by atoms with Crippen molar-refractivity contribution < 1.29 is 0 Å². The zero-order valence-electron chi connectivity index (χ0n) is 13.5. The predicted molar refractivity (Wildman–Crippen MR) is 91.0 cm³/mol. The van der Waals surface area contributed by atoms with Gasteiger partial charge in [-0.2, -0.15) is 16.9 Å². The molecule has 0 aromatic carbocycles. The van der Waals surface area contributed by atoms with Gasteiger partial charge in [0.25, 0.3) is 0 Å². The molecular weight excluding hydrogens is 278 g/mol. The summed E-state index contributed by atoms with van der Waals surface area (Å²) in [5.74, 6) is 1.31. The van der Waals surface area contributed by atoms with E-state index >= 15 is 0 Å². The lowest BCUT2D eigenvalue weighted by atomic mass is 9.92. The first-order valence-electron chi connectivity index (χ1n) is 8.56. The molecule has 118 valence electrons. The first-order valence-corrected chi connectivity index (χ1v) is 9.55. The molecule has 21 heavy (non-hydrogen) atoms. The Morgan fingerprint density at radius 2 is 2.19 bits per heavy atom. The Balaban J connectivity index is 1.65. The van der Waals surface area contributed by atoms with E-state index in [1.807, 2.05) is 0 Å². The number of likely N-dealkylation sites (N-methyl/N-ethyl adjacent to an activating group) is 1. The number of rotatable bonds is 5. The Labute approximate surface area is 133 Å². The van der Waals surface area contributed by atoms with Crippen LogP contribution in [0, 0.1) is 0 Å². The van der Waals surface area contributed by atoms with Crippen molar-refractivity contribution in [2.75, 3.05) is 12.8 Å². The molecule has 1 aliphatic heterocycles. The monoisotopic (exact) mass is 307 g/mol. The van der Waals surface area contributed by atoms with Crippen LogP contribution in [0.5, 0.6) is 0 Å². The molecule has 3 nitrogen and oxygen atoms in total. The van der Waals surface area contributed by atoms with E-state index in [1.54, 1.807) is 0 Å². The van der Waals surface area contributed by atoms with E-state index in [0.29, 0.717) is 16.8 Å². The Morgan fingerprint density at radius 3 is 2.86 bits per heavy atom. The molecule has 1 aromatic rings. The highest BCUT2D eigenvalue weighted by molar-refractivity contribution is 8.00. The third-order valence-corrected chi connectivity index (χ3v) is 7.00. The van der Waals surface area contributed by atoms with Crippen LogP contribution in [0.3, 0.4) is 0 Å². The van der Waals surface area contributed by atoms with Crippen molar-refractivity contribution in [1.82, 2.24) is 15.1 Å². The number of hydrogen-bond acceptors (Lipinski definition) is 3. The fourth-order valence-corrected chi connectivity index (χ4v) is 5.39. The Kier molecular flexibility index (Phi) is 4.95. The maximum atomic E-state index is 4.89. The number of nitrogens with one attached hydrogen (secondary N) is 1. The molecule has 0 radical (unpaired) electrons. The van der Waals surface area contributed by atoms with Gasteiger partial charge in [-0.1, -0.05) is 19.3 Å². The van der Waals surface area contributed by atoms with E-state index in [0.717, 1.165) is 6.42 Å². The molecule has 1 N–H and O–H groups in total. The molecule has 0 bridgehead atoms. The van der Waals surface area contributed by atoms with Gasteiger partial charge >= 0.3 is 0 Å². The summed E-state index contributed by atoms with van der Waals surface area (Å²) in [4.78, 5) is 0. The van der Waals surface area contributed by atoms with Crippen molar-refractivity contribution in [1.29, 1.82) is 0 Å². The van der Waals surface area contributed by atoms with Crippen molar-refractivity contribution in [2.45, 2.75) is 75.1 Å². The minimum Gasteiger partial charge on any atom is -0.315 e. The second-order valence-corrected chi connectivity index (χ2v) is 8.52. The summed E-state index contributed by atoms with van der Waals surface area (Å²) in [5.41, 5.74) is 1.26. The van der Waals surface area contributed by atoms with Crippen LogP contribution >= 0.6 is 11.8 Å². The van der Waals surface area contributed by atoms with E-state index in [-0.39, 0.29) is 0 Å². The van der Waals surface area contributed by atoms with Gasteiger partial charge in [0.2, 0.25) is 0 Å². The standard InChI is InChI=1S/C17H29N3S/c1-17(10-6-12-21-17)16(18-2)13-14-9-11-20(19-14)15-7-4-3-5-8-15/h9,11,15-16,18H,3-8,10,12-13H2,1-2H3. The van der Waals surface area contributed by atoms with Gasteiger partial charge in [-0.05, 0) is 51.5 Å². The Bertz CT molecular complexity index is 445. The lowest BCUT2D eigenvalue weighted by molar-refractivity contribution is 0.326. The average molecular weight is 308 g/mol. The molecule has 2 aliphatic rings. The number of thioether (sulfide) groups is 1. The molecule has 4 heteroatoms. The number of nitrogens with zero attached hydrogens (tertiary/aromatic N) is 2. The van der Waals surface area contributed by atoms with E-state index in [2.05, 4.69) is 48.0 Å². The molecule has 3 rings (SSSR count). The molecule has 2 heterocycles. The smallest absolute Gasteiger partial charge is 0.0640 e. The van der Waals surface area contributed by atoms with Crippen LogP contribution in [0.15, 0.2) is 12.3 Å². The van der Waals surface area contributed by atoms with Crippen molar-refractivity contribution in [3.63, 3.8) is 0 Å². The summed E-state index contributed by atoms with van der Waals surface area (Å²) in [5, 5.41) is 8.44. The van der Waals surface area contributed by atoms with Crippen LogP contribution in [-0.4, -0.2) is 33.4 Å². The zero-order valence-corrected chi connectivity index (χ0v) is 14.3. The van der Waals surface area contributed by atoms with Crippen LogP contribution in [-0.2, 0) is 6.42 Å². The summed E-state index contributed by atoms with van der Waals surface area (Å²) in [6.45, 7) is 2.42. The van der Waals surface area contributed by atoms with E-state index in [1.165, 1.54) is 56.4 Å². The first-order chi connectivity index (χ1) is 10.2. The summed E-state index contributed by atoms with van der Waals surface area (Å²) in [6, 6.07) is 3.42. The van der Waals surface area contributed by atoms with E-state index in [9.17, 15) is 0 Å². The summed E-state index contributed by atoms with van der Waals surface area (Å²) in [6.07, 6.45) is 12.7. The van der Waals surface area contributed by atoms with Gasteiger partial charge in [-0.25, -0.2) is 0 Å². The summed E-state index contributed by atoms with van der Waals surface area (Å²) >= 11 is 2.13. The quantitative estimate of drug-likeness (QED) is 0.897. The highest BCUT2D eigenvalue weighted by Gasteiger charge is 2.37. The highest BCUT2D eigenvalue weighted by atomic mass is 32.2. The van der Waals surface area contributed by atoms with E-state index < -0.39 is 0 Å². The molecule has 1 aromatic heterocycles. The summed E-state index contributed by atoms with van der Waals surface area (Å²) < 4.78 is 2.62. The first kappa shape index (κ1) is 15.4. The van der Waals surface area contributed by atoms with Crippen molar-refractivity contribution >= 4 is 11.8 Å². The normalized spacial score (nSPS) is 28.9. The summed E-state index contributed by atoms with van der Waals surface area (Å²) in [7, 11) is 2.10. The Morgan fingerprint density at radius 1 is 1.38 bits per heavy atom. The van der Waals surface area contributed by atoms with Gasteiger partial charge in [-0.15, -0.1) is 0 Å². The zero-order chi connectivity index (χ0) is 14.7. The van der Waals surface area contributed by atoms with Gasteiger partial charge in [0.1, 0.15) is 0 Å². The molecule has 2 unspecified atom stereocenters. The lowest BCUT2D eigenvalue weighted by Crippen LogP contribution is -2.45. The predicted octanol–water partition coefficient (Wildman–Crippen LogP) is 3.80. The molecular formula is C17H29N3S. The fraction of sp³-hybridized carbons (Fsp3) is 0.824. The molecule has 1 saturated heterocycles. The molecule has 0 amide bonds. The SMILES string of the molecule is CNC(Cc1ccn(C2CCCCC2)n1)C1(C)CCCS1. The van der Waals surface area contributed by atoms with Crippen LogP contribution in [0.4, 0.5) is 0 Å². The van der Waals surface area contributed by atoms with Crippen LogP contribution in [0.2, 0.25) is 0 Å². The van der Waals surface area contributed by atoms with Crippen LogP contribution in [0.1, 0.15) is 63.6 Å². The third-order valence-electron chi connectivity index (χ3n) is 5.36. The number of aromatic nitrogens is 2. The second kappa shape index (κ2) is 6.74. The topological polar surface area (TPSA) is 29.9 Å². The highest BCUT2D eigenvalue weighted by Crippen LogP contribution is 2.41. The van der Waals surface area contributed by atoms with Gasteiger partial charge < -0.3 is 5.32 Å². The van der Waals surface area contributed by atoms with E-state index in [4.69, 9.17) is 5.10 Å². The number of hydrogen-bond donors (Lipinski definition) is 1. The van der Waals surface area contributed by atoms with Crippen LogP contribution < -0.4 is 5.32 Å². The lowest BCUT2D eigenvalue weighted by Gasteiger charge is -2.32. The van der Waals surface area contributed by atoms with Gasteiger partial charge in [0.05, 0.1) is 11.7 Å². The largest absolute Gasteiger partial charge is 0.315 e. The minimum atomic E-state index is 0.378. The molecule has 1 aliphatic carbocycles. The Hall–Kier alpha value is -0.480. The van der Waals surface area contributed by atoms with Crippen molar-refractivity contribution in [3.05, 3.63) is 18.0 Å². The maximum absolute atomic E-state index is 4.89. The molecule has 0 spiro atoms. The molecule has 1 saturated carbocycles. The molecule has 2 fully saturated rings. The van der Waals surface area contributed by atoms with Gasteiger partial charge in [-0.3, -0.25) is 4.68 Å². The van der Waals surface area contributed by atoms with Gasteiger partial charge in [0, 0.05) is 23.4 Å². The van der Waals surface area contributed by atoms with Crippen molar-refractivity contribution in [3.8, 4) is 0 Å². The third kappa shape index (κ3) is 3.48. The molecule has 2 atom stereocenters. The van der Waals surface area contributed by atoms with Crippen LogP contribution in [0.25, 0.3) is 0 Å². The minimum absolute atomic E-state index is 0.378. The second-order valence-electron chi connectivity index (χ2n) is 6.89. The van der Waals surface area contributed by atoms with Crippen molar-refractivity contribution in [2.24, 2.45) is 0 Å².